The van der Waals surface area contributed by atoms with Crippen molar-refractivity contribution in [3.8, 4) is 5.75 Å². The number of ether oxygens (including phenoxy) is 1. The summed E-state index contributed by atoms with van der Waals surface area (Å²) in [5.41, 5.74) is 2.13. The van der Waals surface area contributed by atoms with Gasteiger partial charge in [-0.2, -0.15) is 0 Å². The predicted octanol–water partition coefficient (Wildman–Crippen LogP) is 4.96. The fourth-order valence-electron chi connectivity index (χ4n) is 3.60. The number of benzene rings is 2. The predicted molar refractivity (Wildman–Crippen MR) is 126 cm³/mol. The molecule has 3 N–H and O–H groups in total. The molecule has 0 aliphatic heterocycles. The maximum absolute atomic E-state index is 11.6. The molecule has 2 atom stereocenters. The van der Waals surface area contributed by atoms with E-state index in [0.717, 1.165) is 16.9 Å². The second kappa shape index (κ2) is 11.1. The zero-order chi connectivity index (χ0) is 23.1. The lowest BCUT2D eigenvalue weighted by molar-refractivity contribution is -0.143. The number of hydrogen-bond acceptors (Lipinski definition) is 5. The first-order valence-corrected chi connectivity index (χ1v) is 11.6. The molecule has 0 fully saturated rings. The monoisotopic (exact) mass is 455 g/mol. The molecule has 0 amide bonds. The van der Waals surface area contributed by atoms with Gasteiger partial charge in [-0.3, -0.25) is 14.9 Å². The van der Waals surface area contributed by atoms with Crippen LogP contribution < -0.4 is 10.1 Å². The fourth-order valence-corrected chi connectivity index (χ4v) is 4.55. The van der Waals surface area contributed by atoms with Gasteiger partial charge in [0.15, 0.2) is 0 Å². The largest absolute Gasteiger partial charge is 0.489 e. The van der Waals surface area contributed by atoms with Crippen LogP contribution in [-0.4, -0.2) is 34.2 Å². The lowest BCUT2D eigenvalue weighted by Crippen LogP contribution is -2.47. The van der Waals surface area contributed by atoms with Gasteiger partial charge in [0, 0.05) is 10.3 Å². The molecular formula is C25H29NO5S. The van der Waals surface area contributed by atoms with Crippen LogP contribution in [-0.2, 0) is 22.6 Å². The number of carboxylic acid groups (broad SMARTS) is 2. The van der Waals surface area contributed by atoms with E-state index < -0.39 is 24.0 Å². The molecule has 0 saturated carbocycles. The van der Waals surface area contributed by atoms with Crippen molar-refractivity contribution in [1.29, 1.82) is 0 Å². The van der Waals surface area contributed by atoms with Gasteiger partial charge in [0.25, 0.3) is 0 Å². The number of aliphatic carboxylic acids is 2. The summed E-state index contributed by atoms with van der Waals surface area (Å²) in [6.45, 7) is 4.32. The molecule has 1 aromatic heterocycles. The van der Waals surface area contributed by atoms with Gasteiger partial charge in [0.1, 0.15) is 24.4 Å². The van der Waals surface area contributed by atoms with Crippen LogP contribution in [0.1, 0.15) is 37.8 Å². The molecule has 3 aromatic rings. The second-order valence-corrected chi connectivity index (χ2v) is 9.22. The van der Waals surface area contributed by atoms with Crippen molar-refractivity contribution < 1.29 is 24.5 Å². The Balaban J connectivity index is 1.54. The average molecular weight is 456 g/mol. The number of carbonyl (C=O) groups is 2. The normalized spacial score (nSPS) is 13.2. The Labute approximate surface area is 191 Å². The van der Waals surface area contributed by atoms with Crippen molar-refractivity contribution in [3.05, 3.63) is 65.0 Å². The minimum Gasteiger partial charge on any atom is -0.489 e. The summed E-state index contributed by atoms with van der Waals surface area (Å²) in [5, 5.41) is 25.0. The SMILES string of the molecule is CC(C)C[C@H](N[C@@H](CCc1ccc(OCc2csc3ccccc23)cc1)C(=O)O)C(=O)O. The molecule has 0 spiro atoms. The van der Waals surface area contributed by atoms with Gasteiger partial charge >= 0.3 is 11.9 Å². The quantitative estimate of drug-likeness (QED) is 0.357. The summed E-state index contributed by atoms with van der Waals surface area (Å²) in [6, 6.07) is 14.0. The minimum atomic E-state index is -1.04. The third-order valence-electron chi connectivity index (χ3n) is 5.31. The highest BCUT2D eigenvalue weighted by Gasteiger charge is 2.26. The Hall–Kier alpha value is -2.90. The van der Waals surface area contributed by atoms with E-state index in [9.17, 15) is 19.8 Å². The summed E-state index contributed by atoms with van der Waals surface area (Å²) in [5.74, 6) is -1.16. The van der Waals surface area contributed by atoms with Crippen LogP contribution in [0.4, 0.5) is 0 Å². The summed E-state index contributed by atoms with van der Waals surface area (Å²) in [7, 11) is 0. The number of thiophene rings is 1. The number of aryl methyl sites for hydroxylation is 1. The Bertz CT molecular complexity index is 1040. The van der Waals surface area contributed by atoms with E-state index >= 15 is 0 Å². The number of carboxylic acids is 2. The van der Waals surface area contributed by atoms with E-state index in [1.807, 2.05) is 50.2 Å². The molecule has 6 nitrogen and oxygen atoms in total. The standard InChI is InChI=1S/C25H29NO5S/c1-16(2)13-22(25(29)30)26-21(24(27)28)12-9-17-7-10-19(11-8-17)31-14-18-15-32-23-6-4-3-5-20(18)23/h3-8,10-11,15-16,21-22,26H,9,12-14H2,1-2H3,(H,27,28)(H,29,30)/t21-,22-/m0/s1. The van der Waals surface area contributed by atoms with Crippen LogP contribution in [0.25, 0.3) is 10.1 Å². The number of rotatable bonds is 12. The van der Waals surface area contributed by atoms with Gasteiger partial charge in [0.2, 0.25) is 0 Å². The third-order valence-corrected chi connectivity index (χ3v) is 6.32. The smallest absolute Gasteiger partial charge is 0.320 e. The van der Waals surface area contributed by atoms with Crippen molar-refractivity contribution in [3.63, 3.8) is 0 Å². The van der Waals surface area contributed by atoms with Gasteiger partial charge in [-0.25, -0.2) is 0 Å². The molecule has 32 heavy (non-hydrogen) atoms. The van der Waals surface area contributed by atoms with E-state index in [4.69, 9.17) is 4.74 Å². The average Bonchev–Trinajstić information content (AvgIpc) is 3.17. The van der Waals surface area contributed by atoms with Crippen molar-refractivity contribution >= 4 is 33.4 Å². The Morgan fingerprint density at radius 2 is 1.69 bits per heavy atom. The Kier molecular flexibility index (Phi) is 8.25. The maximum atomic E-state index is 11.6. The lowest BCUT2D eigenvalue weighted by Gasteiger charge is -2.21. The molecule has 7 heteroatoms. The second-order valence-electron chi connectivity index (χ2n) is 8.31. The van der Waals surface area contributed by atoms with Gasteiger partial charge in [-0.05, 0) is 59.7 Å². The summed E-state index contributed by atoms with van der Waals surface area (Å²) >= 11 is 1.70. The van der Waals surface area contributed by atoms with Crippen molar-refractivity contribution in [1.82, 2.24) is 5.32 Å². The van der Waals surface area contributed by atoms with Crippen molar-refractivity contribution in [2.75, 3.05) is 0 Å². The van der Waals surface area contributed by atoms with Crippen LogP contribution in [0.2, 0.25) is 0 Å². The highest BCUT2D eigenvalue weighted by atomic mass is 32.1. The molecule has 0 saturated heterocycles. The molecule has 0 aliphatic carbocycles. The number of hydrogen-bond donors (Lipinski definition) is 3. The number of nitrogens with one attached hydrogen (secondary N) is 1. The van der Waals surface area contributed by atoms with Crippen molar-refractivity contribution in [2.45, 2.75) is 51.8 Å². The van der Waals surface area contributed by atoms with Crippen molar-refractivity contribution in [2.24, 2.45) is 5.92 Å². The van der Waals surface area contributed by atoms with Crippen LogP contribution in [0.3, 0.4) is 0 Å². The third kappa shape index (κ3) is 6.55. The fraction of sp³-hybridized carbons (Fsp3) is 0.360. The van der Waals surface area contributed by atoms with E-state index in [0.29, 0.717) is 25.9 Å². The highest BCUT2D eigenvalue weighted by molar-refractivity contribution is 7.17. The zero-order valence-corrected chi connectivity index (χ0v) is 19.1. The van der Waals surface area contributed by atoms with Gasteiger partial charge in [-0.1, -0.05) is 44.2 Å². The lowest BCUT2D eigenvalue weighted by atomic mass is 10.0. The number of fused-ring (bicyclic) bond motifs is 1. The first-order chi connectivity index (χ1) is 15.3. The van der Waals surface area contributed by atoms with E-state index in [1.165, 1.54) is 10.1 Å². The minimum absolute atomic E-state index is 0.151. The van der Waals surface area contributed by atoms with E-state index in [1.54, 1.807) is 11.3 Å². The topological polar surface area (TPSA) is 95.9 Å². The molecule has 0 aliphatic rings. The first-order valence-electron chi connectivity index (χ1n) is 10.7. The van der Waals surface area contributed by atoms with E-state index in [-0.39, 0.29) is 5.92 Å². The molecule has 1 heterocycles. The van der Waals surface area contributed by atoms with Crippen LogP contribution in [0.5, 0.6) is 5.75 Å². The van der Waals surface area contributed by atoms with Gasteiger partial charge in [-0.15, -0.1) is 11.3 Å². The summed E-state index contributed by atoms with van der Waals surface area (Å²) in [6.07, 6.45) is 1.20. The maximum Gasteiger partial charge on any atom is 0.320 e. The molecule has 3 rings (SSSR count). The highest BCUT2D eigenvalue weighted by Crippen LogP contribution is 2.27. The Morgan fingerprint density at radius 3 is 2.34 bits per heavy atom. The van der Waals surface area contributed by atoms with E-state index in [2.05, 4.69) is 22.8 Å². The molecule has 2 aromatic carbocycles. The van der Waals surface area contributed by atoms with Gasteiger partial charge < -0.3 is 14.9 Å². The summed E-state index contributed by atoms with van der Waals surface area (Å²) in [4.78, 5) is 23.1. The molecule has 170 valence electrons. The molecule has 0 unspecified atom stereocenters. The first kappa shape index (κ1) is 23.8. The van der Waals surface area contributed by atoms with Crippen LogP contribution in [0, 0.1) is 5.92 Å². The molecule has 0 radical (unpaired) electrons. The van der Waals surface area contributed by atoms with Gasteiger partial charge in [0.05, 0.1) is 0 Å². The van der Waals surface area contributed by atoms with Crippen LogP contribution >= 0.6 is 11.3 Å². The zero-order valence-electron chi connectivity index (χ0n) is 18.3. The Morgan fingerprint density at radius 1 is 1.00 bits per heavy atom. The molecular weight excluding hydrogens is 426 g/mol. The van der Waals surface area contributed by atoms with Crippen LogP contribution in [0.15, 0.2) is 53.9 Å². The molecule has 0 bridgehead atoms. The summed E-state index contributed by atoms with van der Waals surface area (Å²) < 4.78 is 7.17.